The van der Waals surface area contributed by atoms with Gasteiger partial charge in [0.2, 0.25) is 11.8 Å². The van der Waals surface area contributed by atoms with E-state index in [0.717, 1.165) is 48.1 Å². The number of allylic oxidation sites excluding steroid dienone is 2. The summed E-state index contributed by atoms with van der Waals surface area (Å²) >= 11 is 0. The molecule has 8 heteroatoms. The Kier molecular flexibility index (Phi) is 17.9. The molecule has 2 amide bonds. The predicted octanol–water partition coefficient (Wildman–Crippen LogP) is 7.69. The van der Waals surface area contributed by atoms with E-state index in [1.807, 2.05) is 91.0 Å². The van der Waals surface area contributed by atoms with Gasteiger partial charge in [-0.15, -0.1) is 13.2 Å². The zero-order valence-corrected chi connectivity index (χ0v) is 31.1. The molecule has 3 aromatic carbocycles. The van der Waals surface area contributed by atoms with Crippen LogP contribution in [0.5, 0.6) is 5.75 Å². The van der Waals surface area contributed by atoms with Crippen LogP contribution in [0.4, 0.5) is 0 Å². The molecule has 3 aromatic rings. The number of aliphatic hydroxyl groups is 1. The number of hydrogen-bond donors (Lipinski definition) is 3. The minimum atomic E-state index is -0.657. The van der Waals surface area contributed by atoms with Crippen molar-refractivity contribution >= 4 is 17.8 Å². The third-order valence-electron chi connectivity index (χ3n) is 9.99. The second-order valence-electron chi connectivity index (χ2n) is 14.3. The Bertz CT molecular complexity index is 1540. The van der Waals surface area contributed by atoms with Gasteiger partial charge in [-0.3, -0.25) is 14.4 Å². The molecule has 1 aliphatic rings. The summed E-state index contributed by atoms with van der Waals surface area (Å²) in [6.45, 7) is 7.96. The predicted molar refractivity (Wildman–Crippen MR) is 210 cm³/mol. The van der Waals surface area contributed by atoms with Crippen LogP contribution < -0.4 is 15.4 Å². The number of carbonyl (C=O) groups is 3. The van der Waals surface area contributed by atoms with E-state index in [4.69, 9.17) is 9.47 Å². The molecule has 1 aliphatic carbocycles. The zero-order valence-electron chi connectivity index (χ0n) is 31.1. The van der Waals surface area contributed by atoms with Crippen LogP contribution in [0, 0.1) is 17.8 Å². The molecule has 0 saturated heterocycles. The fourth-order valence-electron chi connectivity index (χ4n) is 7.04. The van der Waals surface area contributed by atoms with Crippen molar-refractivity contribution in [2.24, 2.45) is 17.8 Å². The first-order valence-corrected chi connectivity index (χ1v) is 19.2. The molecule has 0 aliphatic heterocycles. The van der Waals surface area contributed by atoms with Gasteiger partial charge in [-0.05, 0) is 73.3 Å². The van der Waals surface area contributed by atoms with E-state index in [1.165, 1.54) is 6.42 Å². The lowest BCUT2D eigenvalue weighted by Crippen LogP contribution is -2.45. The molecular weight excluding hydrogens is 665 g/mol. The van der Waals surface area contributed by atoms with Gasteiger partial charge >= 0.3 is 5.97 Å². The summed E-state index contributed by atoms with van der Waals surface area (Å²) in [5, 5.41) is 16.2. The van der Waals surface area contributed by atoms with Gasteiger partial charge in [0.15, 0.2) is 0 Å². The summed E-state index contributed by atoms with van der Waals surface area (Å²) in [5.74, 6) is -0.669. The Morgan fingerprint density at radius 2 is 1.43 bits per heavy atom. The smallest absolute Gasteiger partial charge is 0.309 e. The van der Waals surface area contributed by atoms with Crippen molar-refractivity contribution < 1.29 is 29.0 Å². The lowest BCUT2D eigenvalue weighted by molar-refractivity contribution is -0.150. The molecule has 0 spiro atoms. The fraction of sp³-hybridized carbons (Fsp3) is 0.444. The van der Waals surface area contributed by atoms with Crippen LogP contribution in [-0.4, -0.2) is 48.2 Å². The quantitative estimate of drug-likeness (QED) is 0.0684. The molecular formula is C45H58N2O6. The van der Waals surface area contributed by atoms with Crippen LogP contribution in [0.25, 0.3) is 0 Å². The molecule has 8 nitrogen and oxygen atoms in total. The van der Waals surface area contributed by atoms with Crippen molar-refractivity contribution in [2.75, 3.05) is 13.2 Å². The number of esters is 1. The van der Waals surface area contributed by atoms with E-state index < -0.39 is 12.0 Å². The normalized spacial score (nSPS) is 15.3. The topological polar surface area (TPSA) is 114 Å². The SMILES string of the molecule is C=CCC[C@H](Cc1ccccc1)C(=O)OC[C@H](CC1CCCCC1)NC(=O)[C@H](CC=C)CC(=O)N[C@H](CO)Cc1ccc(OCc2ccccc2)cc1. The van der Waals surface area contributed by atoms with Gasteiger partial charge in [0.05, 0.1) is 30.5 Å². The minimum absolute atomic E-state index is 0.0583. The van der Waals surface area contributed by atoms with Gasteiger partial charge < -0.3 is 25.2 Å². The summed E-state index contributed by atoms with van der Waals surface area (Å²) in [7, 11) is 0. The molecule has 3 N–H and O–H groups in total. The van der Waals surface area contributed by atoms with Gasteiger partial charge in [-0.2, -0.15) is 0 Å². The van der Waals surface area contributed by atoms with Crippen molar-refractivity contribution in [3.05, 3.63) is 127 Å². The molecule has 0 radical (unpaired) electrons. The van der Waals surface area contributed by atoms with Crippen molar-refractivity contribution in [1.29, 1.82) is 0 Å². The van der Waals surface area contributed by atoms with Gasteiger partial charge in [0.25, 0.3) is 0 Å². The lowest BCUT2D eigenvalue weighted by Gasteiger charge is -2.29. The van der Waals surface area contributed by atoms with E-state index in [-0.39, 0.29) is 49.4 Å². The molecule has 0 bridgehead atoms. The maximum absolute atomic E-state index is 13.8. The Labute approximate surface area is 316 Å². The molecule has 4 rings (SSSR count). The van der Waals surface area contributed by atoms with Gasteiger partial charge in [-0.25, -0.2) is 0 Å². The Morgan fingerprint density at radius 3 is 2.08 bits per heavy atom. The Balaban J connectivity index is 1.33. The zero-order chi connectivity index (χ0) is 37.7. The standard InChI is InChI=1S/C45H58N2O6/c1-3-5-22-39(27-34-16-9-6-10-17-34)45(51)53-33-41(29-35-18-11-7-12-19-35)47-44(50)38(15-4-2)30-43(49)46-40(31-48)28-36-23-25-42(26-24-36)52-32-37-20-13-8-14-21-37/h3-4,6,8-10,13-14,16-17,20-21,23-26,35,38-41,48H,1-2,5,7,11-12,15,18-19,22,27-33H2,(H,46,49)(H,47,50)/t38-,39-,40+,41+/m1/s1. The fourth-order valence-corrected chi connectivity index (χ4v) is 7.04. The number of benzene rings is 3. The van der Waals surface area contributed by atoms with E-state index in [2.05, 4.69) is 23.8 Å². The van der Waals surface area contributed by atoms with Crippen LogP contribution in [0.2, 0.25) is 0 Å². The van der Waals surface area contributed by atoms with Crippen molar-refractivity contribution in [3.63, 3.8) is 0 Å². The number of carbonyl (C=O) groups excluding carboxylic acids is 3. The maximum Gasteiger partial charge on any atom is 0.309 e. The molecule has 53 heavy (non-hydrogen) atoms. The van der Waals surface area contributed by atoms with E-state index >= 15 is 0 Å². The highest BCUT2D eigenvalue weighted by molar-refractivity contribution is 5.86. The molecule has 0 aromatic heterocycles. The van der Waals surface area contributed by atoms with Crippen LogP contribution in [-0.2, 0) is 38.6 Å². The van der Waals surface area contributed by atoms with E-state index in [0.29, 0.717) is 51.0 Å². The highest BCUT2D eigenvalue weighted by Gasteiger charge is 2.28. The molecule has 1 saturated carbocycles. The summed E-state index contributed by atoms with van der Waals surface area (Å²) in [6, 6.07) is 26.6. The highest BCUT2D eigenvalue weighted by Crippen LogP contribution is 2.28. The Hall–Kier alpha value is -4.69. The van der Waals surface area contributed by atoms with E-state index in [1.54, 1.807) is 6.08 Å². The van der Waals surface area contributed by atoms with Crippen LogP contribution in [0.1, 0.15) is 80.9 Å². The largest absolute Gasteiger partial charge is 0.489 e. The van der Waals surface area contributed by atoms with Gasteiger partial charge in [0, 0.05) is 6.42 Å². The third kappa shape index (κ3) is 15.1. The number of hydrogen-bond acceptors (Lipinski definition) is 6. The molecule has 1 fully saturated rings. The second kappa shape index (κ2) is 23.1. The van der Waals surface area contributed by atoms with Gasteiger partial charge in [0.1, 0.15) is 19.0 Å². The van der Waals surface area contributed by atoms with Crippen molar-refractivity contribution in [3.8, 4) is 5.75 Å². The average Bonchev–Trinajstić information content (AvgIpc) is 3.18. The van der Waals surface area contributed by atoms with Crippen LogP contribution in [0.15, 0.2) is 110 Å². The minimum Gasteiger partial charge on any atom is -0.489 e. The molecule has 284 valence electrons. The lowest BCUT2D eigenvalue weighted by atomic mass is 9.84. The molecule has 0 unspecified atom stereocenters. The number of amides is 2. The first-order valence-electron chi connectivity index (χ1n) is 19.2. The monoisotopic (exact) mass is 722 g/mol. The molecule has 4 atom stereocenters. The number of nitrogens with one attached hydrogen (secondary N) is 2. The average molecular weight is 723 g/mol. The third-order valence-corrected chi connectivity index (χ3v) is 9.99. The number of ether oxygens (including phenoxy) is 2. The highest BCUT2D eigenvalue weighted by atomic mass is 16.5. The number of rotatable bonds is 23. The Morgan fingerprint density at radius 1 is 0.774 bits per heavy atom. The van der Waals surface area contributed by atoms with Crippen LogP contribution in [0.3, 0.4) is 0 Å². The van der Waals surface area contributed by atoms with Crippen LogP contribution >= 0.6 is 0 Å². The van der Waals surface area contributed by atoms with Crippen molar-refractivity contribution in [2.45, 2.75) is 95.7 Å². The second-order valence-corrected chi connectivity index (χ2v) is 14.3. The molecule has 0 heterocycles. The summed E-state index contributed by atoms with van der Waals surface area (Å²) < 4.78 is 11.8. The van der Waals surface area contributed by atoms with Gasteiger partial charge in [-0.1, -0.05) is 117 Å². The maximum atomic E-state index is 13.8. The summed E-state index contributed by atoms with van der Waals surface area (Å²) in [5.41, 5.74) is 3.09. The number of aliphatic hydroxyl groups excluding tert-OH is 1. The summed E-state index contributed by atoms with van der Waals surface area (Å²) in [6.07, 6.45) is 12.5. The van der Waals surface area contributed by atoms with Crippen molar-refractivity contribution in [1.82, 2.24) is 10.6 Å². The first kappa shape index (κ1) is 41.1. The van der Waals surface area contributed by atoms with E-state index in [9.17, 15) is 19.5 Å². The summed E-state index contributed by atoms with van der Waals surface area (Å²) in [4.78, 5) is 40.4. The first-order chi connectivity index (χ1) is 25.9.